The van der Waals surface area contributed by atoms with Crippen LogP contribution in [0, 0.1) is 0 Å². The van der Waals surface area contributed by atoms with Crippen LogP contribution >= 0.6 is 0 Å². The van der Waals surface area contributed by atoms with Crippen molar-refractivity contribution in [2.75, 3.05) is 6.61 Å². The normalized spacial score (nSPS) is 13.3. The van der Waals surface area contributed by atoms with E-state index in [2.05, 4.69) is 39.2 Å². The van der Waals surface area contributed by atoms with E-state index < -0.39 is 20.3 Å². The van der Waals surface area contributed by atoms with Crippen LogP contribution in [0.5, 0.6) is 0 Å². The quantitative estimate of drug-likeness (QED) is 0.656. The van der Waals surface area contributed by atoms with Gasteiger partial charge in [-0.2, -0.15) is 0 Å². The summed E-state index contributed by atoms with van der Waals surface area (Å²) in [6.07, 6.45) is 1.15. The SMILES string of the molecule is CC(C)(C)[Si](C)(C)OCC[C@@H](NC(=O)CCc1ccccc1)C(=O)O. The maximum Gasteiger partial charge on any atom is 0.326 e. The van der Waals surface area contributed by atoms with Gasteiger partial charge in [-0.3, -0.25) is 4.79 Å². The van der Waals surface area contributed by atoms with Crippen molar-refractivity contribution >= 4 is 20.2 Å². The Morgan fingerprint density at radius 1 is 1.20 bits per heavy atom. The minimum atomic E-state index is -1.91. The van der Waals surface area contributed by atoms with E-state index in [1.165, 1.54) is 0 Å². The monoisotopic (exact) mass is 365 g/mol. The molecule has 2 N–H and O–H groups in total. The minimum absolute atomic E-state index is 0.0741. The maximum absolute atomic E-state index is 12.0. The predicted octanol–water partition coefficient (Wildman–Crippen LogP) is 3.60. The van der Waals surface area contributed by atoms with Gasteiger partial charge in [0.25, 0.3) is 0 Å². The number of aliphatic carboxylic acids is 1. The fourth-order valence-electron chi connectivity index (χ4n) is 2.07. The van der Waals surface area contributed by atoms with Crippen molar-refractivity contribution in [1.29, 1.82) is 0 Å². The number of carboxylic acid groups (broad SMARTS) is 1. The van der Waals surface area contributed by atoms with Crippen LogP contribution in [-0.4, -0.2) is 37.9 Å². The largest absolute Gasteiger partial charge is 0.480 e. The van der Waals surface area contributed by atoms with Crippen LogP contribution in [0.3, 0.4) is 0 Å². The summed E-state index contributed by atoms with van der Waals surface area (Å²) >= 11 is 0. The van der Waals surface area contributed by atoms with Crippen molar-refractivity contribution in [2.24, 2.45) is 0 Å². The summed E-state index contributed by atoms with van der Waals surface area (Å²) in [5.74, 6) is -1.27. The lowest BCUT2D eigenvalue weighted by atomic mass is 10.1. The Morgan fingerprint density at radius 3 is 2.32 bits per heavy atom. The molecule has 0 saturated carbocycles. The van der Waals surface area contributed by atoms with Crippen LogP contribution < -0.4 is 5.32 Å². The third-order valence-corrected chi connectivity index (χ3v) is 9.33. The molecule has 1 aromatic carbocycles. The highest BCUT2D eigenvalue weighted by atomic mass is 28.4. The first-order chi connectivity index (χ1) is 11.5. The number of nitrogens with one attached hydrogen (secondary N) is 1. The number of carboxylic acids is 1. The number of hydrogen-bond acceptors (Lipinski definition) is 3. The molecule has 0 aliphatic carbocycles. The molecule has 0 unspecified atom stereocenters. The molecular weight excluding hydrogens is 334 g/mol. The van der Waals surface area contributed by atoms with E-state index in [0.29, 0.717) is 13.0 Å². The second kappa shape index (κ2) is 9.15. The second-order valence-electron chi connectivity index (χ2n) is 7.84. The first-order valence-corrected chi connectivity index (χ1v) is 11.6. The summed E-state index contributed by atoms with van der Waals surface area (Å²) in [6, 6.07) is 8.76. The summed E-state index contributed by atoms with van der Waals surface area (Å²) in [5, 5.41) is 12.0. The highest BCUT2D eigenvalue weighted by Gasteiger charge is 2.37. The fourth-order valence-corrected chi connectivity index (χ4v) is 3.14. The Bertz CT molecular complexity index is 567. The summed E-state index contributed by atoms with van der Waals surface area (Å²) in [4.78, 5) is 23.4. The molecule has 5 nitrogen and oxygen atoms in total. The van der Waals surface area contributed by atoms with Crippen molar-refractivity contribution in [3.05, 3.63) is 35.9 Å². The lowest BCUT2D eigenvalue weighted by molar-refractivity contribution is -0.142. The van der Waals surface area contributed by atoms with Crippen LogP contribution in [0.15, 0.2) is 30.3 Å². The molecule has 0 heterocycles. The first kappa shape index (κ1) is 21.4. The van der Waals surface area contributed by atoms with Gasteiger partial charge < -0.3 is 14.8 Å². The van der Waals surface area contributed by atoms with E-state index in [4.69, 9.17) is 4.43 Å². The molecule has 1 aromatic rings. The molecule has 0 aliphatic rings. The van der Waals surface area contributed by atoms with Crippen molar-refractivity contribution < 1.29 is 19.1 Å². The number of carbonyl (C=O) groups is 2. The third kappa shape index (κ3) is 7.40. The predicted molar refractivity (Wildman–Crippen MR) is 102 cm³/mol. The van der Waals surface area contributed by atoms with Gasteiger partial charge in [0, 0.05) is 19.4 Å². The number of benzene rings is 1. The topological polar surface area (TPSA) is 75.6 Å². The Kier molecular flexibility index (Phi) is 7.83. The Hall–Kier alpha value is -1.66. The van der Waals surface area contributed by atoms with Crippen LogP contribution in [0.1, 0.15) is 39.2 Å². The van der Waals surface area contributed by atoms with Crippen LogP contribution in [-0.2, 0) is 20.4 Å². The summed E-state index contributed by atoms with van der Waals surface area (Å²) in [7, 11) is -1.91. The number of carbonyl (C=O) groups excluding carboxylic acids is 1. The summed E-state index contributed by atoms with van der Waals surface area (Å²) in [6.45, 7) is 11.0. The Morgan fingerprint density at radius 2 is 1.80 bits per heavy atom. The lowest BCUT2D eigenvalue weighted by Crippen LogP contribution is -2.44. The number of aryl methyl sites for hydroxylation is 1. The molecule has 0 bridgehead atoms. The van der Waals surface area contributed by atoms with Crippen molar-refractivity contribution in [2.45, 2.75) is 64.2 Å². The lowest BCUT2D eigenvalue weighted by Gasteiger charge is -2.36. The summed E-state index contributed by atoms with van der Waals surface area (Å²) < 4.78 is 6.01. The molecule has 25 heavy (non-hydrogen) atoms. The Labute approximate surface area is 151 Å². The van der Waals surface area contributed by atoms with Gasteiger partial charge in [-0.15, -0.1) is 0 Å². The molecule has 1 amide bonds. The van der Waals surface area contributed by atoms with Gasteiger partial charge in [-0.1, -0.05) is 51.1 Å². The third-order valence-electron chi connectivity index (χ3n) is 4.79. The molecule has 0 aromatic heterocycles. The second-order valence-corrected chi connectivity index (χ2v) is 12.7. The highest BCUT2D eigenvalue weighted by molar-refractivity contribution is 6.74. The van der Waals surface area contributed by atoms with Gasteiger partial charge in [0.15, 0.2) is 8.32 Å². The van der Waals surface area contributed by atoms with Crippen LogP contribution in [0.25, 0.3) is 0 Å². The molecule has 0 radical (unpaired) electrons. The highest BCUT2D eigenvalue weighted by Crippen LogP contribution is 2.36. The van der Waals surface area contributed by atoms with Gasteiger partial charge in [0.2, 0.25) is 5.91 Å². The van der Waals surface area contributed by atoms with Crippen LogP contribution in [0.2, 0.25) is 18.1 Å². The van der Waals surface area contributed by atoms with E-state index >= 15 is 0 Å². The molecule has 6 heteroatoms. The smallest absolute Gasteiger partial charge is 0.326 e. The Balaban J connectivity index is 2.46. The summed E-state index contributed by atoms with van der Waals surface area (Å²) in [5.41, 5.74) is 1.06. The first-order valence-electron chi connectivity index (χ1n) is 8.73. The molecule has 1 atom stereocenters. The van der Waals surface area contributed by atoms with E-state index in [1.54, 1.807) is 0 Å². The number of rotatable bonds is 9. The molecule has 140 valence electrons. The van der Waals surface area contributed by atoms with E-state index in [1.807, 2.05) is 30.3 Å². The van der Waals surface area contributed by atoms with Gasteiger partial charge in [-0.25, -0.2) is 4.79 Å². The number of amides is 1. The molecule has 0 spiro atoms. The zero-order valence-electron chi connectivity index (χ0n) is 16.0. The van der Waals surface area contributed by atoms with Gasteiger partial charge in [0.1, 0.15) is 6.04 Å². The van der Waals surface area contributed by atoms with E-state index in [9.17, 15) is 14.7 Å². The fraction of sp³-hybridized carbons (Fsp3) is 0.579. The van der Waals surface area contributed by atoms with Crippen molar-refractivity contribution in [3.8, 4) is 0 Å². The minimum Gasteiger partial charge on any atom is -0.480 e. The van der Waals surface area contributed by atoms with Gasteiger partial charge in [-0.05, 0) is 30.1 Å². The molecule has 1 rings (SSSR count). The average molecular weight is 366 g/mol. The van der Waals surface area contributed by atoms with E-state index in [-0.39, 0.29) is 23.8 Å². The zero-order valence-corrected chi connectivity index (χ0v) is 17.0. The molecule has 0 aliphatic heterocycles. The van der Waals surface area contributed by atoms with Gasteiger partial charge in [0.05, 0.1) is 0 Å². The van der Waals surface area contributed by atoms with Gasteiger partial charge >= 0.3 is 5.97 Å². The maximum atomic E-state index is 12.0. The standard InChI is InChI=1S/C19H31NO4Si/c1-19(2,3)25(4,5)24-14-13-16(18(22)23)20-17(21)12-11-15-9-7-6-8-10-15/h6-10,16H,11-14H2,1-5H3,(H,20,21)(H,22,23)/t16-/m1/s1. The molecule has 0 fully saturated rings. The van der Waals surface area contributed by atoms with Crippen molar-refractivity contribution in [3.63, 3.8) is 0 Å². The molecular formula is C19H31NO4Si. The average Bonchev–Trinajstić information content (AvgIpc) is 2.51. The van der Waals surface area contributed by atoms with Crippen LogP contribution in [0.4, 0.5) is 0 Å². The zero-order chi connectivity index (χ0) is 19.1. The number of hydrogen-bond donors (Lipinski definition) is 2. The molecule has 0 saturated heterocycles. The van der Waals surface area contributed by atoms with E-state index in [0.717, 1.165) is 5.56 Å². The van der Waals surface area contributed by atoms with Crippen molar-refractivity contribution in [1.82, 2.24) is 5.32 Å².